The van der Waals surface area contributed by atoms with Crippen LogP contribution in [0.4, 0.5) is 0 Å². The number of benzene rings is 2. The molecule has 0 spiro atoms. The van der Waals surface area contributed by atoms with E-state index in [0.717, 1.165) is 18.5 Å². The third-order valence-corrected chi connectivity index (χ3v) is 4.59. The third kappa shape index (κ3) is 2.11. The predicted molar refractivity (Wildman–Crippen MR) is 103 cm³/mol. The van der Waals surface area contributed by atoms with Crippen molar-refractivity contribution < 1.29 is 0 Å². The van der Waals surface area contributed by atoms with Gasteiger partial charge in [0.1, 0.15) is 0 Å². The minimum atomic E-state index is 0.798. The van der Waals surface area contributed by atoms with Gasteiger partial charge in [-0.2, -0.15) is 0 Å². The van der Waals surface area contributed by atoms with Crippen LogP contribution in [0.2, 0.25) is 0 Å². The summed E-state index contributed by atoms with van der Waals surface area (Å²) in [5, 5.41) is 2.53. The Kier molecular flexibility index (Phi) is 3.58. The molecule has 2 heterocycles. The number of nitrogens with one attached hydrogen (secondary N) is 1. The molecule has 2 aromatic carbocycles. The highest BCUT2D eigenvalue weighted by atomic mass is 15.0. The first kappa shape index (κ1) is 14.6. The van der Waals surface area contributed by atoms with E-state index in [4.69, 9.17) is 0 Å². The van der Waals surface area contributed by atoms with Gasteiger partial charge in [-0.05, 0) is 12.1 Å². The molecule has 0 radical (unpaired) electrons. The molecule has 0 saturated carbocycles. The van der Waals surface area contributed by atoms with E-state index in [1.807, 2.05) is 12.2 Å². The SMILES string of the molecule is C=CCc1c(-c2c[nH]c3ccccc23)c2ccccc2n1CC=C. The molecule has 24 heavy (non-hydrogen) atoms. The molecule has 2 heteroatoms. The summed E-state index contributed by atoms with van der Waals surface area (Å²) in [6.45, 7) is 8.70. The molecule has 0 atom stereocenters. The van der Waals surface area contributed by atoms with Crippen molar-refractivity contribution in [3.63, 3.8) is 0 Å². The molecule has 2 aromatic heterocycles. The van der Waals surface area contributed by atoms with E-state index in [0.29, 0.717) is 0 Å². The third-order valence-electron chi connectivity index (χ3n) is 4.59. The molecule has 4 rings (SSSR count). The molecule has 0 bridgehead atoms. The van der Waals surface area contributed by atoms with E-state index in [2.05, 4.69) is 77.4 Å². The number of allylic oxidation sites excluding steroid dienone is 2. The standard InChI is InChI=1S/C22H20N2/c1-3-9-21-22(18-15-23-19-12-7-5-10-16(18)19)17-11-6-8-13-20(17)24(21)14-4-2/h3-8,10-13,15,23H,1-2,9,14H2. The van der Waals surface area contributed by atoms with Gasteiger partial charge in [-0.25, -0.2) is 0 Å². The molecule has 0 aliphatic heterocycles. The maximum Gasteiger partial charge on any atom is 0.0492 e. The van der Waals surface area contributed by atoms with Gasteiger partial charge in [0.15, 0.2) is 0 Å². The minimum Gasteiger partial charge on any atom is -0.361 e. The Balaban J connectivity index is 2.12. The van der Waals surface area contributed by atoms with E-state index >= 15 is 0 Å². The molecule has 118 valence electrons. The second-order valence-electron chi connectivity index (χ2n) is 5.98. The largest absolute Gasteiger partial charge is 0.361 e. The lowest BCUT2D eigenvalue weighted by Crippen LogP contribution is -2.01. The number of H-pyrrole nitrogens is 1. The van der Waals surface area contributed by atoms with Crippen LogP contribution in [-0.2, 0) is 13.0 Å². The van der Waals surface area contributed by atoms with Crippen LogP contribution < -0.4 is 0 Å². The second kappa shape index (κ2) is 5.89. The summed E-state index contributed by atoms with van der Waals surface area (Å²) in [7, 11) is 0. The highest BCUT2D eigenvalue weighted by Gasteiger charge is 2.19. The lowest BCUT2D eigenvalue weighted by molar-refractivity contribution is 0.813. The van der Waals surface area contributed by atoms with Gasteiger partial charge < -0.3 is 9.55 Å². The fourth-order valence-corrected chi connectivity index (χ4v) is 3.62. The molecule has 0 fully saturated rings. The molecule has 0 amide bonds. The maximum atomic E-state index is 3.97. The molecular weight excluding hydrogens is 292 g/mol. The van der Waals surface area contributed by atoms with Gasteiger partial charge in [0.05, 0.1) is 0 Å². The van der Waals surface area contributed by atoms with Gasteiger partial charge in [-0.3, -0.25) is 0 Å². The zero-order chi connectivity index (χ0) is 16.5. The lowest BCUT2D eigenvalue weighted by atomic mass is 10.00. The number of fused-ring (bicyclic) bond motifs is 2. The molecule has 2 nitrogen and oxygen atoms in total. The summed E-state index contributed by atoms with van der Waals surface area (Å²) in [6.07, 6.45) is 6.89. The summed E-state index contributed by atoms with van der Waals surface area (Å²) in [5.41, 5.74) is 6.24. The minimum absolute atomic E-state index is 0.798. The van der Waals surface area contributed by atoms with Crippen molar-refractivity contribution in [1.29, 1.82) is 0 Å². The van der Waals surface area contributed by atoms with Gasteiger partial charge in [0.25, 0.3) is 0 Å². The van der Waals surface area contributed by atoms with Crippen molar-refractivity contribution in [2.45, 2.75) is 13.0 Å². The van der Waals surface area contributed by atoms with Crippen LogP contribution in [0.3, 0.4) is 0 Å². The Labute approximate surface area is 141 Å². The van der Waals surface area contributed by atoms with E-state index in [9.17, 15) is 0 Å². The van der Waals surface area contributed by atoms with Crippen molar-refractivity contribution in [1.82, 2.24) is 9.55 Å². The molecule has 0 aliphatic carbocycles. The number of hydrogen-bond acceptors (Lipinski definition) is 0. The Morgan fingerprint density at radius 3 is 2.46 bits per heavy atom. The normalized spacial score (nSPS) is 11.2. The zero-order valence-electron chi connectivity index (χ0n) is 13.6. The molecular formula is C22H20N2. The molecule has 1 N–H and O–H groups in total. The fourth-order valence-electron chi connectivity index (χ4n) is 3.62. The summed E-state index contributed by atoms with van der Waals surface area (Å²) >= 11 is 0. The first-order chi connectivity index (χ1) is 11.8. The van der Waals surface area contributed by atoms with E-state index < -0.39 is 0 Å². The first-order valence-corrected chi connectivity index (χ1v) is 8.23. The summed E-state index contributed by atoms with van der Waals surface area (Å²) in [6, 6.07) is 17.1. The smallest absolute Gasteiger partial charge is 0.0492 e. The Bertz CT molecular complexity index is 1050. The quantitative estimate of drug-likeness (QED) is 0.456. The van der Waals surface area contributed by atoms with Crippen LogP contribution in [0.15, 0.2) is 80.0 Å². The predicted octanol–water partition coefficient (Wildman–Crippen LogP) is 5.70. The zero-order valence-corrected chi connectivity index (χ0v) is 13.6. The fraction of sp³-hybridized carbons (Fsp3) is 0.0909. The van der Waals surface area contributed by atoms with Gasteiger partial charge in [-0.1, -0.05) is 48.6 Å². The Morgan fingerprint density at radius 2 is 1.67 bits per heavy atom. The Hall–Kier alpha value is -3.00. The van der Waals surface area contributed by atoms with Gasteiger partial charge in [-0.15, -0.1) is 13.2 Å². The molecule has 0 aliphatic rings. The van der Waals surface area contributed by atoms with Crippen molar-refractivity contribution in [2.75, 3.05) is 0 Å². The van der Waals surface area contributed by atoms with Crippen LogP contribution in [0.1, 0.15) is 5.69 Å². The summed E-state index contributed by atoms with van der Waals surface area (Å²) in [5.74, 6) is 0. The van der Waals surface area contributed by atoms with Crippen LogP contribution in [0.25, 0.3) is 32.9 Å². The van der Waals surface area contributed by atoms with E-state index in [-0.39, 0.29) is 0 Å². The average Bonchev–Trinajstić information content (AvgIpc) is 3.16. The second-order valence-corrected chi connectivity index (χ2v) is 5.98. The average molecular weight is 312 g/mol. The van der Waals surface area contributed by atoms with Crippen LogP contribution >= 0.6 is 0 Å². The number of hydrogen-bond donors (Lipinski definition) is 1. The van der Waals surface area contributed by atoms with Crippen LogP contribution in [0, 0.1) is 0 Å². The lowest BCUT2D eigenvalue weighted by Gasteiger charge is -2.08. The van der Waals surface area contributed by atoms with E-state index in [1.54, 1.807) is 0 Å². The Morgan fingerprint density at radius 1 is 0.917 bits per heavy atom. The molecule has 0 saturated heterocycles. The first-order valence-electron chi connectivity index (χ1n) is 8.23. The van der Waals surface area contributed by atoms with Gasteiger partial charge >= 0.3 is 0 Å². The number of aromatic amines is 1. The highest BCUT2D eigenvalue weighted by Crippen LogP contribution is 2.39. The van der Waals surface area contributed by atoms with E-state index in [1.165, 1.54) is 33.1 Å². The topological polar surface area (TPSA) is 20.7 Å². The number of rotatable bonds is 5. The summed E-state index contributed by atoms with van der Waals surface area (Å²) in [4.78, 5) is 3.41. The van der Waals surface area contributed by atoms with Crippen molar-refractivity contribution in [2.24, 2.45) is 0 Å². The number of nitrogens with zero attached hydrogens (tertiary/aromatic N) is 1. The van der Waals surface area contributed by atoms with Crippen molar-refractivity contribution >= 4 is 21.8 Å². The monoisotopic (exact) mass is 312 g/mol. The molecule has 0 unspecified atom stereocenters. The maximum absolute atomic E-state index is 3.97. The van der Waals surface area contributed by atoms with Gasteiger partial charge in [0.2, 0.25) is 0 Å². The number of para-hydroxylation sites is 2. The van der Waals surface area contributed by atoms with Gasteiger partial charge in [0, 0.05) is 57.8 Å². The highest BCUT2D eigenvalue weighted by molar-refractivity contribution is 6.06. The van der Waals surface area contributed by atoms with Crippen LogP contribution in [-0.4, -0.2) is 9.55 Å². The summed E-state index contributed by atoms with van der Waals surface area (Å²) < 4.78 is 2.35. The van der Waals surface area contributed by atoms with Crippen molar-refractivity contribution in [3.05, 3.63) is 85.7 Å². The number of aromatic nitrogens is 2. The van der Waals surface area contributed by atoms with Crippen LogP contribution in [0.5, 0.6) is 0 Å². The van der Waals surface area contributed by atoms with Crippen molar-refractivity contribution in [3.8, 4) is 11.1 Å². The molecule has 4 aromatic rings.